The van der Waals surface area contributed by atoms with Gasteiger partial charge in [0, 0.05) is 26.2 Å². The molecule has 5 heteroatoms. The van der Waals surface area contributed by atoms with Crippen LogP contribution in [0.15, 0.2) is 24.3 Å². The number of carbonyl (C=O) groups is 1. The highest BCUT2D eigenvalue weighted by atomic mass is 35.5. The smallest absolute Gasteiger partial charge is 0.239 e. The van der Waals surface area contributed by atoms with Gasteiger partial charge in [0.2, 0.25) is 5.91 Å². The number of rotatable bonds is 2. The van der Waals surface area contributed by atoms with Gasteiger partial charge in [-0.25, -0.2) is 0 Å². The van der Waals surface area contributed by atoms with Crippen LogP contribution in [0.2, 0.25) is 5.02 Å². The minimum absolute atomic E-state index is 0.0821. The van der Waals surface area contributed by atoms with Crippen LogP contribution in [-0.4, -0.2) is 37.0 Å². The second-order valence-electron chi connectivity index (χ2n) is 4.61. The Labute approximate surface area is 118 Å². The Morgan fingerprint density at radius 1 is 1.32 bits per heavy atom. The fourth-order valence-corrected chi connectivity index (χ4v) is 2.46. The van der Waals surface area contributed by atoms with Crippen molar-refractivity contribution in [1.29, 1.82) is 5.26 Å². The molecule has 0 aliphatic carbocycles. The lowest BCUT2D eigenvalue weighted by Gasteiger charge is -2.36. The molecule has 2 rings (SSSR count). The highest BCUT2D eigenvalue weighted by Gasteiger charge is 2.25. The zero-order valence-corrected chi connectivity index (χ0v) is 11.6. The molecule has 0 saturated carbocycles. The van der Waals surface area contributed by atoms with Gasteiger partial charge in [0.15, 0.2) is 0 Å². The van der Waals surface area contributed by atoms with Crippen LogP contribution in [0.25, 0.3) is 0 Å². The van der Waals surface area contributed by atoms with Crippen LogP contribution in [0.4, 0.5) is 5.69 Å². The summed E-state index contributed by atoms with van der Waals surface area (Å²) >= 11 is 6.16. The lowest BCUT2D eigenvalue weighted by molar-refractivity contribution is -0.133. The van der Waals surface area contributed by atoms with Crippen molar-refractivity contribution in [3.05, 3.63) is 29.3 Å². The number of halogens is 1. The average Bonchev–Trinajstić information content (AvgIpc) is 2.46. The number of piperazine rings is 1. The number of amides is 1. The van der Waals surface area contributed by atoms with E-state index in [-0.39, 0.29) is 5.91 Å². The number of para-hydroxylation sites is 1. The van der Waals surface area contributed by atoms with E-state index in [2.05, 4.69) is 4.90 Å². The Morgan fingerprint density at radius 2 is 1.95 bits per heavy atom. The predicted molar refractivity (Wildman–Crippen MR) is 75.0 cm³/mol. The maximum absolute atomic E-state index is 11.9. The summed E-state index contributed by atoms with van der Waals surface area (Å²) in [6, 6.07) is 9.70. The van der Waals surface area contributed by atoms with E-state index in [0.29, 0.717) is 13.1 Å². The van der Waals surface area contributed by atoms with Crippen LogP contribution < -0.4 is 4.90 Å². The topological polar surface area (TPSA) is 47.3 Å². The second-order valence-corrected chi connectivity index (χ2v) is 5.02. The molecule has 1 amide bonds. The molecule has 1 aliphatic heterocycles. The zero-order valence-electron chi connectivity index (χ0n) is 10.8. The quantitative estimate of drug-likeness (QED) is 0.832. The Hall–Kier alpha value is -1.73. The van der Waals surface area contributed by atoms with Gasteiger partial charge in [0.25, 0.3) is 0 Å². The van der Waals surface area contributed by atoms with Crippen molar-refractivity contribution >= 4 is 23.2 Å². The standard InChI is InChI=1S/C14H16ClN3O/c1-11(10-16)14(19)18-8-6-17(7-9-18)13-5-3-2-4-12(13)15/h2-5,11H,6-9H2,1H3. The third-order valence-corrected chi connectivity index (χ3v) is 3.67. The Morgan fingerprint density at radius 3 is 2.53 bits per heavy atom. The van der Waals surface area contributed by atoms with Crippen molar-refractivity contribution in [2.45, 2.75) is 6.92 Å². The first-order valence-corrected chi connectivity index (χ1v) is 6.69. The van der Waals surface area contributed by atoms with Gasteiger partial charge in [0.05, 0.1) is 16.8 Å². The maximum Gasteiger partial charge on any atom is 0.239 e. The summed E-state index contributed by atoms with van der Waals surface area (Å²) in [5.41, 5.74) is 1.00. The van der Waals surface area contributed by atoms with Gasteiger partial charge in [-0.2, -0.15) is 5.26 Å². The molecule has 19 heavy (non-hydrogen) atoms. The van der Waals surface area contributed by atoms with E-state index in [1.54, 1.807) is 11.8 Å². The van der Waals surface area contributed by atoms with E-state index in [1.807, 2.05) is 30.3 Å². The molecular weight excluding hydrogens is 262 g/mol. The van der Waals surface area contributed by atoms with E-state index in [9.17, 15) is 4.79 Å². The van der Waals surface area contributed by atoms with Crippen molar-refractivity contribution in [2.75, 3.05) is 31.1 Å². The number of anilines is 1. The molecule has 1 heterocycles. The lowest BCUT2D eigenvalue weighted by Crippen LogP contribution is -2.50. The Bertz CT molecular complexity index is 504. The molecule has 0 radical (unpaired) electrons. The molecule has 1 aromatic carbocycles. The van der Waals surface area contributed by atoms with Crippen molar-refractivity contribution in [3.8, 4) is 6.07 Å². The monoisotopic (exact) mass is 277 g/mol. The van der Waals surface area contributed by atoms with Gasteiger partial charge in [-0.3, -0.25) is 4.79 Å². The number of hydrogen-bond acceptors (Lipinski definition) is 3. The highest BCUT2D eigenvalue weighted by molar-refractivity contribution is 6.33. The maximum atomic E-state index is 11.9. The average molecular weight is 278 g/mol. The molecule has 1 saturated heterocycles. The van der Waals surface area contributed by atoms with Gasteiger partial charge in [-0.15, -0.1) is 0 Å². The third-order valence-electron chi connectivity index (χ3n) is 3.35. The summed E-state index contributed by atoms with van der Waals surface area (Å²) in [6.07, 6.45) is 0. The fraction of sp³-hybridized carbons (Fsp3) is 0.429. The normalized spacial score (nSPS) is 16.9. The molecule has 0 spiro atoms. The molecule has 1 atom stereocenters. The number of benzene rings is 1. The molecule has 0 N–H and O–H groups in total. The molecule has 4 nitrogen and oxygen atoms in total. The highest BCUT2D eigenvalue weighted by Crippen LogP contribution is 2.26. The third kappa shape index (κ3) is 2.99. The fourth-order valence-electron chi connectivity index (χ4n) is 2.21. The van der Waals surface area contributed by atoms with Crippen LogP contribution in [0.3, 0.4) is 0 Å². The lowest BCUT2D eigenvalue weighted by atomic mass is 10.1. The van der Waals surface area contributed by atoms with E-state index < -0.39 is 5.92 Å². The molecule has 1 aromatic rings. The van der Waals surface area contributed by atoms with Gasteiger partial charge in [0.1, 0.15) is 5.92 Å². The van der Waals surface area contributed by atoms with Crippen molar-refractivity contribution in [3.63, 3.8) is 0 Å². The van der Waals surface area contributed by atoms with E-state index in [0.717, 1.165) is 23.8 Å². The first-order valence-electron chi connectivity index (χ1n) is 6.31. The molecule has 1 fully saturated rings. The van der Waals surface area contributed by atoms with Crippen molar-refractivity contribution in [2.24, 2.45) is 5.92 Å². The number of nitrogens with zero attached hydrogens (tertiary/aromatic N) is 3. The zero-order chi connectivity index (χ0) is 13.8. The van der Waals surface area contributed by atoms with Crippen LogP contribution in [0.5, 0.6) is 0 Å². The van der Waals surface area contributed by atoms with E-state index in [1.165, 1.54) is 0 Å². The van der Waals surface area contributed by atoms with Crippen molar-refractivity contribution in [1.82, 2.24) is 4.90 Å². The summed E-state index contributed by atoms with van der Waals surface area (Å²) in [5, 5.41) is 9.51. The summed E-state index contributed by atoms with van der Waals surface area (Å²) < 4.78 is 0. The summed E-state index contributed by atoms with van der Waals surface area (Å²) in [7, 11) is 0. The summed E-state index contributed by atoms with van der Waals surface area (Å²) in [4.78, 5) is 15.8. The van der Waals surface area contributed by atoms with Gasteiger partial charge >= 0.3 is 0 Å². The Balaban J connectivity index is 1.99. The Kier molecular flexibility index (Phi) is 4.28. The van der Waals surface area contributed by atoms with Gasteiger partial charge < -0.3 is 9.80 Å². The summed E-state index contributed by atoms with van der Waals surface area (Å²) in [5.74, 6) is -0.645. The first kappa shape index (κ1) is 13.7. The van der Waals surface area contributed by atoms with Crippen LogP contribution in [-0.2, 0) is 4.79 Å². The molecular formula is C14H16ClN3O. The molecule has 1 aliphatic rings. The number of hydrogen-bond donors (Lipinski definition) is 0. The molecule has 0 bridgehead atoms. The van der Waals surface area contributed by atoms with Crippen LogP contribution in [0.1, 0.15) is 6.92 Å². The molecule has 0 aromatic heterocycles. The predicted octanol–water partition coefficient (Wildman–Crippen LogP) is 2.15. The van der Waals surface area contributed by atoms with E-state index >= 15 is 0 Å². The van der Waals surface area contributed by atoms with Crippen molar-refractivity contribution < 1.29 is 4.79 Å². The second kappa shape index (κ2) is 5.94. The SMILES string of the molecule is CC(C#N)C(=O)N1CCN(c2ccccc2Cl)CC1. The number of carbonyl (C=O) groups excluding carboxylic acids is 1. The minimum atomic E-state index is -0.563. The van der Waals surface area contributed by atoms with E-state index in [4.69, 9.17) is 16.9 Å². The van der Waals surface area contributed by atoms with Crippen LogP contribution in [0, 0.1) is 17.2 Å². The minimum Gasteiger partial charge on any atom is -0.367 e. The molecule has 100 valence electrons. The first-order chi connectivity index (χ1) is 9.13. The van der Waals surface area contributed by atoms with Gasteiger partial charge in [-0.05, 0) is 19.1 Å². The largest absolute Gasteiger partial charge is 0.367 e. The molecule has 1 unspecified atom stereocenters. The summed E-state index contributed by atoms with van der Waals surface area (Å²) in [6.45, 7) is 4.40. The van der Waals surface area contributed by atoms with Gasteiger partial charge in [-0.1, -0.05) is 23.7 Å². The number of nitriles is 1. The van der Waals surface area contributed by atoms with Crippen LogP contribution >= 0.6 is 11.6 Å².